The maximum absolute atomic E-state index is 5.77. The fourth-order valence-corrected chi connectivity index (χ4v) is 3.05. The van der Waals surface area contributed by atoms with Crippen LogP contribution in [0.5, 0.6) is 5.75 Å². The summed E-state index contributed by atoms with van der Waals surface area (Å²) >= 11 is 0. The quantitative estimate of drug-likeness (QED) is 0.868. The predicted molar refractivity (Wildman–Crippen MR) is 74.1 cm³/mol. The second kappa shape index (κ2) is 4.32. The van der Waals surface area contributed by atoms with Crippen molar-refractivity contribution in [2.24, 2.45) is 5.73 Å². The van der Waals surface area contributed by atoms with Gasteiger partial charge in [-0.3, -0.25) is 0 Å². The minimum absolute atomic E-state index is 0.307. The van der Waals surface area contributed by atoms with Crippen LogP contribution in [0.15, 0.2) is 24.3 Å². The molecule has 1 saturated carbocycles. The highest BCUT2D eigenvalue weighted by Crippen LogP contribution is 2.46. The first-order valence-corrected chi connectivity index (χ1v) is 6.65. The Labute approximate surface area is 107 Å². The van der Waals surface area contributed by atoms with Crippen molar-refractivity contribution in [1.82, 2.24) is 4.98 Å². The number of nitrogens with two attached hydrogens (primary N) is 1. The van der Waals surface area contributed by atoms with Crippen LogP contribution in [-0.2, 0) is 5.41 Å². The van der Waals surface area contributed by atoms with Crippen molar-refractivity contribution in [2.75, 3.05) is 13.7 Å². The number of benzene rings is 1. The summed E-state index contributed by atoms with van der Waals surface area (Å²) in [5.74, 6) is 0.900. The van der Waals surface area contributed by atoms with Gasteiger partial charge in [-0.05, 0) is 49.4 Å². The van der Waals surface area contributed by atoms with Gasteiger partial charge in [-0.15, -0.1) is 0 Å². The molecule has 0 saturated heterocycles. The maximum atomic E-state index is 5.77. The Morgan fingerprint density at radius 3 is 2.78 bits per heavy atom. The molecule has 1 heterocycles. The summed E-state index contributed by atoms with van der Waals surface area (Å²) < 4.78 is 5.26. The number of fused-ring (bicyclic) bond motifs is 1. The normalized spacial score (nSPS) is 17.7. The summed E-state index contributed by atoms with van der Waals surface area (Å²) in [4.78, 5) is 3.56. The Kier molecular flexibility index (Phi) is 2.78. The van der Waals surface area contributed by atoms with E-state index in [9.17, 15) is 0 Å². The minimum Gasteiger partial charge on any atom is -0.497 e. The molecular formula is C15H20N2O. The lowest BCUT2D eigenvalue weighted by molar-refractivity contribution is 0.224. The Morgan fingerprint density at radius 2 is 2.17 bits per heavy atom. The second-order valence-electron chi connectivity index (χ2n) is 5.31. The van der Waals surface area contributed by atoms with Crippen LogP contribution in [0.1, 0.15) is 31.4 Å². The summed E-state index contributed by atoms with van der Waals surface area (Å²) in [7, 11) is 1.70. The Hall–Kier alpha value is -1.48. The van der Waals surface area contributed by atoms with E-state index in [1.54, 1.807) is 7.11 Å². The van der Waals surface area contributed by atoms with Crippen molar-refractivity contribution >= 4 is 10.9 Å². The number of hydrogen-bond donors (Lipinski definition) is 2. The summed E-state index contributed by atoms with van der Waals surface area (Å²) in [6.45, 7) is 0.763. The van der Waals surface area contributed by atoms with Crippen LogP contribution < -0.4 is 10.5 Å². The Morgan fingerprint density at radius 1 is 1.33 bits per heavy atom. The van der Waals surface area contributed by atoms with Gasteiger partial charge in [0.15, 0.2) is 0 Å². The first-order valence-electron chi connectivity index (χ1n) is 6.65. The van der Waals surface area contributed by atoms with E-state index in [-0.39, 0.29) is 0 Å². The molecule has 3 rings (SSSR count). The Balaban J connectivity index is 2.02. The molecule has 0 spiro atoms. The number of nitrogens with one attached hydrogen (secondary N) is 1. The van der Waals surface area contributed by atoms with Gasteiger partial charge in [0.05, 0.1) is 7.11 Å². The standard InChI is InChI=1S/C15H20N2O/c1-18-12-4-3-11-9-14(17-13(11)10-12)15(7-8-16)5-2-6-15/h3-4,9-10,17H,2,5-8,16H2,1H3. The molecule has 0 radical (unpaired) electrons. The molecule has 18 heavy (non-hydrogen) atoms. The summed E-state index contributed by atoms with van der Waals surface area (Å²) in [5.41, 5.74) is 8.58. The van der Waals surface area contributed by atoms with E-state index in [4.69, 9.17) is 10.5 Å². The van der Waals surface area contributed by atoms with Gasteiger partial charge < -0.3 is 15.5 Å². The van der Waals surface area contributed by atoms with E-state index in [0.29, 0.717) is 5.41 Å². The van der Waals surface area contributed by atoms with Crippen LogP contribution in [0.25, 0.3) is 10.9 Å². The number of methoxy groups -OCH3 is 1. The van der Waals surface area contributed by atoms with Crippen molar-refractivity contribution in [3.63, 3.8) is 0 Å². The van der Waals surface area contributed by atoms with Gasteiger partial charge >= 0.3 is 0 Å². The highest BCUT2D eigenvalue weighted by molar-refractivity contribution is 5.82. The molecule has 96 valence electrons. The smallest absolute Gasteiger partial charge is 0.120 e. The third-order valence-corrected chi connectivity index (χ3v) is 4.33. The molecule has 0 amide bonds. The van der Waals surface area contributed by atoms with E-state index in [1.807, 2.05) is 6.07 Å². The lowest BCUT2D eigenvalue weighted by Crippen LogP contribution is -2.36. The molecule has 3 heteroatoms. The number of ether oxygens (including phenoxy) is 1. The fraction of sp³-hybridized carbons (Fsp3) is 0.467. The van der Waals surface area contributed by atoms with Gasteiger partial charge in [0.1, 0.15) is 5.75 Å². The zero-order valence-corrected chi connectivity index (χ0v) is 10.8. The van der Waals surface area contributed by atoms with Crippen LogP contribution >= 0.6 is 0 Å². The number of H-pyrrole nitrogens is 1. The minimum atomic E-state index is 0.307. The third kappa shape index (κ3) is 1.70. The summed E-state index contributed by atoms with van der Waals surface area (Å²) in [6.07, 6.45) is 4.91. The molecular weight excluding hydrogens is 224 g/mol. The average Bonchev–Trinajstić information content (AvgIpc) is 2.76. The topological polar surface area (TPSA) is 51.0 Å². The molecule has 1 aliphatic rings. The van der Waals surface area contributed by atoms with Crippen molar-refractivity contribution in [3.8, 4) is 5.75 Å². The highest BCUT2D eigenvalue weighted by Gasteiger charge is 2.38. The molecule has 1 aromatic carbocycles. The maximum Gasteiger partial charge on any atom is 0.120 e. The SMILES string of the molecule is COc1ccc2cc(C3(CCN)CCC3)[nH]c2c1. The second-order valence-corrected chi connectivity index (χ2v) is 5.31. The summed E-state index contributed by atoms with van der Waals surface area (Å²) in [5, 5.41) is 1.26. The van der Waals surface area contributed by atoms with Crippen LogP contribution in [0.3, 0.4) is 0 Å². The average molecular weight is 244 g/mol. The van der Waals surface area contributed by atoms with Crippen LogP contribution in [-0.4, -0.2) is 18.6 Å². The molecule has 0 unspecified atom stereocenters. The van der Waals surface area contributed by atoms with E-state index in [0.717, 1.165) is 24.2 Å². The van der Waals surface area contributed by atoms with Gasteiger partial charge in [-0.25, -0.2) is 0 Å². The lowest BCUT2D eigenvalue weighted by atomic mass is 9.64. The first kappa shape index (κ1) is 11.6. The molecule has 0 aliphatic heterocycles. The molecule has 0 atom stereocenters. The number of aromatic nitrogens is 1. The molecule has 1 fully saturated rings. The van der Waals surface area contributed by atoms with Crippen molar-refractivity contribution < 1.29 is 4.74 Å². The van der Waals surface area contributed by atoms with E-state index in [1.165, 1.54) is 30.3 Å². The molecule has 2 aromatic rings. The molecule has 0 bridgehead atoms. The van der Waals surface area contributed by atoms with Gasteiger partial charge in [0.25, 0.3) is 0 Å². The van der Waals surface area contributed by atoms with Gasteiger partial charge in [0, 0.05) is 22.7 Å². The van der Waals surface area contributed by atoms with Crippen molar-refractivity contribution in [2.45, 2.75) is 31.1 Å². The number of aromatic amines is 1. The van der Waals surface area contributed by atoms with Crippen molar-refractivity contribution in [3.05, 3.63) is 30.0 Å². The molecule has 3 N–H and O–H groups in total. The molecule has 1 aliphatic carbocycles. The monoisotopic (exact) mass is 244 g/mol. The lowest BCUT2D eigenvalue weighted by Gasteiger charge is -2.41. The van der Waals surface area contributed by atoms with E-state index >= 15 is 0 Å². The zero-order chi connectivity index (χ0) is 12.6. The fourth-order valence-electron chi connectivity index (χ4n) is 3.05. The third-order valence-electron chi connectivity index (χ3n) is 4.33. The highest BCUT2D eigenvalue weighted by atomic mass is 16.5. The van der Waals surface area contributed by atoms with E-state index < -0.39 is 0 Å². The number of hydrogen-bond acceptors (Lipinski definition) is 2. The van der Waals surface area contributed by atoms with Gasteiger partial charge in [-0.1, -0.05) is 6.42 Å². The van der Waals surface area contributed by atoms with Gasteiger partial charge in [-0.2, -0.15) is 0 Å². The van der Waals surface area contributed by atoms with Crippen LogP contribution in [0.2, 0.25) is 0 Å². The largest absolute Gasteiger partial charge is 0.497 e. The zero-order valence-electron chi connectivity index (χ0n) is 10.8. The van der Waals surface area contributed by atoms with Crippen molar-refractivity contribution in [1.29, 1.82) is 0 Å². The molecule has 1 aromatic heterocycles. The molecule has 3 nitrogen and oxygen atoms in total. The Bertz CT molecular complexity index is 555. The van der Waals surface area contributed by atoms with Crippen LogP contribution in [0, 0.1) is 0 Å². The van der Waals surface area contributed by atoms with E-state index in [2.05, 4.69) is 23.2 Å². The van der Waals surface area contributed by atoms with Gasteiger partial charge in [0.2, 0.25) is 0 Å². The summed E-state index contributed by atoms with van der Waals surface area (Å²) in [6, 6.07) is 8.47. The predicted octanol–water partition coefficient (Wildman–Crippen LogP) is 2.95. The number of rotatable bonds is 4. The first-order chi connectivity index (χ1) is 8.77. The van der Waals surface area contributed by atoms with Crippen LogP contribution in [0.4, 0.5) is 0 Å².